The Morgan fingerprint density at radius 2 is 2.31 bits per heavy atom. The molecule has 1 fully saturated rings. The maximum absolute atomic E-state index is 11.4. The Bertz CT molecular complexity index is 287. The van der Waals surface area contributed by atoms with Crippen LogP contribution in [0.5, 0.6) is 0 Å². The van der Waals surface area contributed by atoms with E-state index >= 15 is 0 Å². The number of thioether (sulfide) groups is 1. The highest BCUT2D eigenvalue weighted by atomic mass is 32.2. The van der Waals surface area contributed by atoms with Crippen molar-refractivity contribution in [1.29, 1.82) is 0 Å². The van der Waals surface area contributed by atoms with Gasteiger partial charge in [0.05, 0.1) is 5.60 Å². The van der Waals surface area contributed by atoms with E-state index in [1.807, 2.05) is 13.8 Å². The number of carbonyl (C=O) groups excluding carboxylic acids is 1. The van der Waals surface area contributed by atoms with Gasteiger partial charge in [0.15, 0.2) is 0 Å². The number of hydrogen-bond acceptors (Lipinski definition) is 3. The van der Waals surface area contributed by atoms with Gasteiger partial charge in [-0.05, 0) is 32.4 Å². The largest absolute Gasteiger partial charge is 0.387 e. The molecule has 4 heteroatoms. The third kappa shape index (κ3) is 3.52. The van der Waals surface area contributed by atoms with Crippen molar-refractivity contribution in [3.8, 4) is 0 Å². The number of hydrogen-bond donors (Lipinski definition) is 2. The molecule has 0 aliphatic heterocycles. The van der Waals surface area contributed by atoms with Crippen molar-refractivity contribution >= 4 is 17.7 Å². The predicted octanol–water partition coefficient (Wildman–Crippen LogP) is 1.72. The maximum atomic E-state index is 11.4. The Balaban J connectivity index is 2.37. The molecule has 1 aliphatic carbocycles. The second-order valence-corrected chi connectivity index (χ2v) is 6.01. The van der Waals surface area contributed by atoms with E-state index in [1.54, 1.807) is 17.8 Å². The first kappa shape index (κ1) is 13.6. The molecule has 92 valence electrons. The Hall–Kier alpha value is -0.480. The molecule has 1 rings (SSSR count). The van der Waals surface area contributed by atoms with Crippen LogP contribution in [0.15, 0.2) is 11.6 Å². The van der Waals surface area contributed by atoms with Crippen molar-refractivity contribution in [3.05, 3.63) is 11.6 Å². The molecule has 0 bridgehead atoms. The molecule has 0 saturated heterocycles. The summed E-state index contributed by atoms with van der Waals surface area (Å²) in [6.07, 6.45) is 3.40. The van der Waals surface area contributed by atoms with Crippen molar-refractivity contribution in [1.82, 2.24) is 5.32 Å². The first-order valence-corrected chi connectivity index (χ1v) is 6.79. The molecule has 3 nitrogen and oxygen atoms in total. The van der Waals surface area contributed by atoms with Gasteiger partial charge in [-0.1, -0.05) is 12.5 Å². The molecule has 1 aliphatic rings. The lowest BCUT2D eigenvalue weighted by Gasteiger charge is -2.44. The average Bonchev–Trinajstić information content (AvgIpc) is 2.20. The summed E-state index contributed by atoms with van der Waals surface area (Å²) in [5.74, 6) is 0.898. The minimum atomic E-state index is -0.689. The first-order valence-electron chi connectivity index (χ1n) is 5.74. The number of aliphatic hydroxyl groups is 1. The van der Waals surface area contributed by atoms with Crippen LogP contribution in [0.25, 0.3) is 0 Å². The summed E-state index contributed by atoms with van der Waals surface area (Å²) >= 11 is 1.77. The monoisotopic (exact) mass is 243 g/mol. The second-order valence-electron chi connectivity index (χ2n) is 4.53. The number of carbonyl (C=O) groups is 1. The molecule has 0 spiro atoms. The highest BCUT2D eigenvalue weighted by Crippen LogP contribution is 2.40. The van der Waals surface area contributed by atoms with Crippen molar-refractivity contribution in [3.63, 3.8) is 0 Å². The molecule has 0 aromatic heterocycles. The molecule has 0 heterocycles. The zero-order chi connectivity index (χ0) is 12.2. The van der Waals surface area contributed by atoms with Gasteiger partial charge in [0.1, 0.15) is 0 Å². The average molecular weight is 243 g/mol. The van der Waals surface area contributed by atoms with E-state index in [4.69, 9.17) is 0 Å². The number of allylic oxidation sites excluding steroid dienone is 1. The van der Waals surface area contributed by atoms with E-state index in [-0.39, 0.29) is 11.2 Å². The summed E-state index contributed by atoms with van der Waals surface area (Å²) in [6, 6.07) is 0. The lowest BCUT2D eigenvalue weighted by Crippen LogP contribution is -2.56. The van der Waals surface area contributed by atoms with E-state index in [1.165, 1.54) is 0 Å². The fourth-order valence-corrected chi connectivity index (χ4v) is 2.99. The van der Waals surface area contributed by atoms with Crippen molar-refractivity contribution in [2.24, 2.45) is 0 Å². The summed E-state index contributed by atoms with van der Waals surface area (Å²) in [5, 5.41) is 13.3. The first-order chi connectivity index (χ1) is 7.48. The second kappa shape index (κ2) is 5.73. The van der Waals surface area contributed by atoms with Gasteiger partial charge in [0, 0.05) is 17.9 Å². The third-order valence-corrected chi connectivity index (χ3v) is 4.21. The van der Waals surface area contributed by atoms with Crippen molar-refractivity contribution in [2.75, 3.05) is 12.3 Å². The molecule has 16 heavy (non-hydrogen) atoms. The van der Waals surface area contributed by atoms with Crippen LogP contribution < -0.4 is 5.32 Å². The lowest BCUT2D eigenvalue weighted by atomic mass is 9.79. The lowest BCUT2D eigenvalue weighted by molar-refractivity contribution is -0.118. The molecule has 2 atom stereocenters. The summed E-state index contributed by atoms with van der Waals surface area (Å²) in [4.78, 5) is 11.4. The molecular weight excluding hydrogens is 222 g/mol. The normalized spacial score (nSPS) is 28.1. The Morgan fingerprint density at radius 3 is 2.75 bits per heavy atom. The predicted molar refractivity (Wildman–Crippen MR) is 68.5 cm³/mol. The summed E-state index contributed by atoms with van der Waals surface area (Å²) in [7, 11) is 0. The van der Waals surface area contributed by atoms with Gasteiger partial charge in [-0.25, -0.2) is 0 Å². The molecule has 2 N–H and O–H groups in total. The molecular formula is C12H21NO2S. The smallest absolute Gasteiger partial charge is 0.244 e. The van der Waals surface area contributed by atoms with Crippen LogP contribution in [-0.4, -0.2) is 34.2 Å². The molecule has 2 unspecified atom stereocenters. The number of rotatable bonds is 5. The van der Waals surface area contributed by atoms with Crippen LogP contribution in [-0.2, 0) is 4.79 Å². The quantitative estimate of drug-likeness (QED) is 0.723. The van der Waals surface area contributed by atoms with Crippen LogP contribution in [0.1, 0.15) is 33.6 Å². The van der Waals surface area contributed by atoms with Gasteiger partial charge in [-0.2, -0.15) is 11.8 Å². The minimum absolute atomic E-state index is 0.111. The van der Waals surface area contributed by atoms with Gasteiger partial charge in [0.25, 0.3) is 0 Å². The van der Waals surface area contributed by atoms with Crippen LogP contribution in [0.2, 0.25) is 0 Å². The van der Waals surface area contributed by atoms with Crippen LogP contribution in [0.3, 0.4) is 0 Å². The van der Waals surface area contributed by atoms with E-state index < -0.39 is 5.60 Å². The van der Waals surface area contributed by atoms with E-state index in [2.05, 4.69) is 12.2 Å². The molecule has 0 aromatic carbocycles. The SMILES string of the molecule is CCSC1CCC1(O)CNC(=O)C=C(C)C. The highest BCUT2D eigenvalue weighted by Gasteiger charge is 2.45. The molecule has 0 aromatic rings. The van der Waals surface area contributed by atoms with E-state index in [9.17, 15) is 9.90 Å². The fraction of sp³-hybridized carbons (Fsp3) is 0.750. The molecule has 0 radical (unpaired) electrons. The fourth-order valence-electron chi connectivity index (χ4n) is 1.79. The maximum Gasteiger partial charge on any atom is 0.244 e. The summed E-state index contributed by atoms with van der Waals surface area (Å²) in [5.41, 5.74) is 0.281. The number of amides is 1. The van der Waals surface area contributed by atoms with Crippen LogP contribution in [0.4, 0.5) is 0 Å². The minimum Gasteiger partial charge on any atom is -0.387 e. The zero-order valence-corrected chi connectivity index (χ0v) is 11.1. The standard InChI is InChI=1S/C12H21NO2S/c1-4-16-10-5-6-12(10,15)8-13-11(14)7-9(2)3/h7,10,15H,4-6,8H2,1-3H3,(H,13,14). The highest BCUT2D eigenvalue weighted by molar-refractivity contribution is 8.00. The Kier molecular flexibility index (Phi) is 4.87. The van der Waals surface area contributed by atoms with Gasteiger partial charge >= 0.3 is 0 Å². The van der Waals surface area contributed by atoms with Gasteiger partial charge < -0.3 is 10.4 Å². The van der Waals surface area contributed by atoms with Gasteiger partial charge in [-0.3, -0.25) is 4.79 Å². The number of nitrogens with one attached hydrogen (secondary N) is 1. The zero-order valence-electron chi connectivity index (χ0n) is 10.2. The molecule has 1 saturated carbocycles. The van der Waals surface area contributed by atoms with Gasteiger partial charge in [0.2, 0.25) is 5.91 Å². The van der Waals surface area contributed by atoms with Crippen LogP contribution >= 0.6 is 11.8 Å². The van der Waals surface area contributed by atoms with Crippen LogP contribution in [0, 0.1) is 0 Å². The summed E-state index contributed by atoms with van der Waals surface area (Å²) < 4.78 is 0. The van der Waals surface area contributed by atoms with Crippen molar-refractivity contribution < 1.29 is 9.90 Å². The Labute approximate surface area is 102 Å². The topological polar surface area (TPSA) is 49.3 Å². The summed E-state index contributed by atoms with van der Waals surface area (Å²) in [6.45, 7) is 6.22. The van der Waals surface area contributed by atoms with E-state index in [0.717, 1.165) is 24.2 Å². The van der Waals surface area contributed by atoms with Crippen molar-refractivity contribution in [2.45, 2.75) is 44.5 Å². The van der Waals surface area contributed by atoms with Gasteiger partial charge in [-0.15, -0.1) is 0 Å². The molecule has 1 amide bonds. The third-order valence-electron chi connectivity index (χ3n) is 2.80. The van der Waals surface area contributed by atoms with E-state index in [0.29, 0.717) is 6.54 Å². The Morgan fingerprint density at radius 1 is 1.62 bits per heavy atom.